The zero-order chi connectivity index (χ0) is 12.2. The minimum atomic E-state index is -2.98. The van der Waals surface area contributed by atoms with Crippen molar-refractivity contribution in [1.29, 1.82) is 0 Å². The van der Waals surface area contributed by atoms with Gasteiger partial charge in [0.2, 0.25) is 0 Å². The van der Waals surface area contributed by atoms with E-state index in [9.17, 15) is 8.42 Å². The molecule has 0 aliphatic carbocycles. The minimum Gasteiger partial charge on any atom is -0.381 e. The van der Waals surface area contributed by atoms with Crippen molar-refractivity contribution in [1.82, 2.24) is 5.32 Å². The molecule has 1 N–H and O–H groups in total. The quantitative estimate of drug-likeness (QED) is 0.784. The summed E-state index contributed by atoms with van der Waals surface area (Å²) in [7, 11) is -1.16. The second-order valence-electron chi connectivity index (χ2n) is 4.78. The maximum atomic E-state index is 12.2. The molecule has 0 aromatic carbocycles. The number of hydrogen-bond acceptors (Lipinski definition) is 4. The Morgan fingerprint density at radius 2 is 1.88 bits per heavy atom. The third kappa shape index (κ3) is 3.71. The molecule has 1 fully saturated rings. The van der Waals surface area contributed by atoms with E-state index in [4.69, 9.17) is 4.74 Å². The van der Waals surface area contributed by atoms with Gasteiger partial charge in [0.25, 0.3) is 0 Å². The van der Waals surface area contributed by atoms with Crippen LogP contribution in [0.2, 0.25) is 0 Å². The molecule has 0 bridgehead atoms. The first kappa shape index (κ1) is 13.9. The number of nitrogens with one attached hydrogen (secondary N) is 1. The number of ether oxygens (including phenoxy) is 1. The van der Waals surface area contributed by atoms with E-state index in [0.29, 0.717) is 32.0 Å². The molecule has 0 radical (unpaired) electrons. The highest BCUT2D eigenvalue weighted by Gasteiger charge is 2.30. The van der Waals surface area contributed by atoms with Gasteiger partial charge in [-0.25, -0.2) is 8.42 Å². The Kier molecular flexibility index (Phi) is 5.21. The van der Waals surface area contributed by atoms with E-state index in [1.807, 2.05) is 20.9 Å². The highest BCUT2D eigenvalue weighted by Crippen LogP contribution is 2.18. The van der Waals surface area contributed by atoms with Gasteiger partial charge < -0.3 is 10.1 Å². The largest absolute Gasteiger partial charge is 0.381 e. The van der Waals surface area contributed by atoms with E-state index in [2.05, 4.69) is 5.32 Å². The Bertz CT molecular complexity index is 294. The second kappa shape index (κ2) is 5.98. The molecular weight excluding hydrogens is 226 g/mol. The molecule has 0 saturated carbocycles. The number of sulfone groups is 1. The summed E-state index contributed by atoms with van der Waals surface area (Å²) in [5, 5.41) is 2.89. The molecular formula is C11H23NO3S. The maximum absolute atomic E-state index is 12.2. The Labute approximate surface area is 98.7 Å². The predicted octanol–water partition coefficient (Wildman–Crippen LogP) is 0.824. The van der Waals surface area contributed by atoms with Crippen LogP contribution < -0.4 is 5.32 Å². The first-order valence-corrected chi connectivity index (χ1v) is 7.65. The molecule has 1 aliphatic rings. The summed E-state index contributed by atoms with van der Waals surface area (Å²) in [6.07, 6.45) is 1.30. The lowest BCUT2D eigenvalue weighted by molar-refractivity contribution is 0.0983. The van der Waals surface area contributed by atoms with Crippen LogP contribution in [-0.2, 0) is 14.6 Å². The fraction of sp³-hybridized carbons (Fsp3) is 1.00. The minimum absolute atomic E-state index is 0.0489. The molecule has 0 aromatic heterocycles. The molecule has 0 spiro atoms. The van der Waals surface area contributed by atoms with E-state index in [-0.39, 0.29) is 17.0 Å². The van der Waals surface area contributed by atoms with Gasteiger partial charge in [-0.3, -0.25) is 0 Å². The van der Waals surface area contributed by atoms with E-state index in [0.717, 1.165) is 0 Å². The average molecular weight is 249 g/mol. The third-order valence-corrected chi connectivity index (χ3v) is 5.57. The zero-order valence-corrected chi connectivity index (χ0v) is 11.2. The fourth-order valence-electron chi connectivity index (χ4n) is 2.03. The molecule has 96 valence electrons. The van der Waals surface area contributed by atoms with Crippen LogP contribution in [0.15, 0.2) is 0 Å². The SMILES string of the molecule is CNC(CS(=O)(=O)C1CCOCC1)C(C)C. The number of hydrogen-bond donors (Lipinski definition) is 1. The first-order chi connectivity index (χ1) is 7.47. The van der Waals surface area contributed by atoms with Crippen molar-refractivity contribution in [2.75, 3.05) is 26.0 Å². The van der Waals surface area contributed by atoms with Gasteiger partial charge in [0.15, 0.2) is 9.84 Å². The Morgan fingerprint density at radius 3 is 2.31 bits per heavy atom. The summed E-state index contributed by atoms with van der Waals surface area (Å²) in [6, 6.07) is 0.0489. The Balaban J connectivity index is 2.62. The summed E-state index contributed by atoms with van der Waals surface area (Å²) in [4.78, 5) is 0. The van der Waals surface area contributed by atoms with E-state index in [1.54, 1.807) is 0 Å². The third-order valence-electron chi connectivity index (χ3n) is 3.26. The van der Waals surface area contributed by atoms with Crippen LogP contribution in [0.1, 0.15) is 26.7 Å². The molecule has 1 rings (SSSR count). The van der Waals surface area contributed by atoms with Gasteiger partial charge in [-0.1, -0.05) is 13.8 Å². The van der Waals surface area contributed by atoms with Crippen LogP contribution in [0.25, 0.3) is 0 Å². The van der Waals surface area contributed by atoms with Crippen molar-refractivity contribution in [2.24, 2.45) is 5.92 Å². The Morgan fingerprint density at radius 1 is 1.31 bits per heavy atom. The van der Waals surface area contributed by atoms with Gasteiger partial charge in [0.05, 0.1) is 11.0 Å². The van der Waals surface area contributed by atoms with Crippen molar-refractivity contribution in [3.05, 3.63) is 0 Å². The molecule has 0 aromatic rings. The molecule has 4 nitrogen and oxygen atoms in total. The van der Waals surface area contributed by atoms with Gasteiger partial charge in [-0.05, 0) is 25.8 Å². The van der Waals surface area contributed by atoms with E-state index >= 15 is 0 Å². The molecule has 1 unspecified atom stereocenters. The maximum Gasteiger partial charge on any atom is 0.154 e. The summed E-state index contributed by atoms with van der Waals surface area (Å²) in [6.45, 7) is 5.24. The highest BCUT2D eigenvalue weighted by molar-refractivity contribution is 7.92. The molecule has 1 saturated heterocycles. The molecule has 1 heterocycles. The topological polar surface area (TPSA) is 55.4 Å². The standard InChI is InChI=1S/C11H23NO3S/c1-9(2)11(12-3)8-16(13,14)10-4-6-15-7-5-10/h9-12H,4-8H2,1-3H3. The summed E-state index contributed by atoms with van der Waals surface area (Å²) in [5.41, 5.74) is 0. The van der Waals surface area contributed by atoms with Gasteiger partial charge >= 0.3 is 0 Å². The van der Waals surface area contributed by atoms with Crippen molar-refractivity contribution < 1.29 is 13.2 Å². The predicted molar refractivity (Wildman–Crippen MR) is 65.3 cm³/mol. The molecule has 1 aliphatic heterocycles. The number of rotatable bonds is 5. The lowest BCUT2D eigenvalue weighted by Gasteiger charge is -2.26. The summed E-state index contributed by atoms with van der Waals surface area (Å²) >= 11 is 0. The monoisotopic (exact) mass is 249 g/mol. The van der Waals surface area contributed by atoms with Gasteiger partial charge in [-0.2, -0.15) is 0 Å². The molecule has 0 amide bonds. The lowest BCUT2D eigenvalue weighted by Crippen LogP contribution is -2.41. The van der Waals surface area contributed by atoms with Crippen LogP contribution in [0.4, 0.5) is 0 Å². The van der Waals surface area contributed by atoms with Crippen LogP contribution in [0.5, 0.6) is 0 Å². The summed E-state index contributed by atoms with van der Waals surface area (Å²) < 4.78 is 29.5. The second-order valence-corrected chi connectivity index (χ2v) is 7.11. The van der Waals surface area contributed by atoms with E-state index in [1.165, 1.54) is 0 Å². The van der Waals surface area contributed by atoms with Gasteiger partial charge in [0.1, 0.15) is 0 Å². The molecule has 1 atom stereocenters. The van der Waals surface area contributed by atoms with Crippen LogP contribution in [0, 0.1) is 5.92 Å². The fourth-order valence-corrected chi connectivity index (χ4v) is 4.27. The van der Waals surface area contributed by atoms with Crippen molar-refractivity contribution in [2.45, 2.75) is 38.0 Å². The molecule has 5 heteroatoms. The lowest BCUT2D eigenvalue weighted by atomic mass is 10.1. The smallest absolute Gasteiger partial charge is 0.154 e. The highest BCUT2D eigenvalue weighted by atomic mass is 32.2. The first-order valence-electron chi connectivity index (χ1n) is 5.94. The van der Waals surface area contributed by atoms with Crippen molar-refractivity contribution >= 4 is 9.84 Å². The van der Waals surface area contributed by atoms with Crippen LogP contribution in [-0.4, -0.2) is 45.7 Å². The summed E-state index contributed by atoms with van der Waals surface area (Å²) in [5.74, 6) is 0.575. The Hall–Kier alpha value is -0.130. The van der Waals surface area contributed by atoms with Crippen molar-refractivity contribution in [3.8, 4) is 0 Å². The van der Waals surface area contributed by atoms with Gasteiger partial charge in [-0.15, -0.1) is 0 Å². The van der Waals surface area contributed by atoms with Crippen molar-refractivity contribution in [3.63, 3.8) is 0 Å². The molecule has 16 heavy (non-hydrogen) atoms. The van der Waals surface area contributed by atoms with E-state index < -0.39 is 9.84 Å². The zero-order valence-electron chi connectivity index (χ0n) is 10.4. The average Bonchev–Trinajstić information content (AvgIpc) is 2.27. The van der Waals surface area contributed by atoms with Crippen LogP contribution in [0.3, 0.4) is 0 Å². The van der Waals surface area contributed by atoms with Gasteiger partial charge in [0, 0.05) is 19.3 Å². The normalized spacial score (nSPS) is 21.2. The van der Waals surface area contributed by atoms with Crippen LogP contribution >= 0.6 is 0 Å².